The molecule has 0 spiro atoms. The van der Waals surface area contributed by atoms with Gasteiger partial charge in [0.25, 0.3) is 0 Å². The highest BCUT2D eigenvalue weighted by Gasteiger charge is 2.26. The molecule has 1 aliphatic carbocycles. The van der Waals surface area contributed by atoms with E-state index < -0.39 is 6.10 Å². The Morgan fingerprint density at radius 1 is 1.11 bits per heavy atom. The third-order valence-electron chi connectivity index (χ3n) is 5.53. The van der Waals surface area contributed by atoms with Gasteiger partial charge in [-0.1, -0.05) is 33.1 Å². The van der Waals surface area contributed by atoms with Gasteiger partial charge in [-0.25, -0.2) is 0 Å². The Labute approximate surface area is 166 Å². The lowest BCUT2D eigenvalue weighted by molar-refractivity contribution is 0.0301. The van der Waals surface area contributed by atoms with Crippen molar-refractivity contribution in [1.29, 1.82) is 0 Å². The first-order chi connectivity index (χ1) is 13.1. The van der Waals surface area contributed by atoms with Crippen LogP contribution in [-0.4, -0.2) is 73.5 Å². The number of piperidine rings is 1. The van der Waals surface area contributed by atoms with E-state index in [0.717, 1.165) is 18.5 Å². The van der Waals surface area contributed by atoms with Crippen molar-refractivity contribution in [3.05, 3.63) is 0 Å². The largest absolute Gasteiger partial charge is 0.389 e. The Morgan fingerprint density at radius 2 is 1.81 bits per heavy atom. The molecular weight excluding hydrogens is 340 g/mol. The summed E-state index contributed by atoms with van der Waals surface area (Å²) in [5.74, 6) is 1.30. The fourth-order valence-corrected chi connectivity index (χ4v) is 4.06. The van der Waals surface area contributed by atoms with Gasteiger partial charge >= 0.3 is 0 Å². The van der Waals surface area contributed by atoms with Gasteiger partial charge < -0.3 is 25.4 Å². The average Bonchev–Trinajstić information content (AvgIpc) is 2.67. The number of nitrogens with zero attached hydrogens (tertiary/aromatic N) is 2. The summed E-state index contributed by atoms with van der Waals surface area (Å²) in [5, 5.41) is 16.9. The molecule has 1 saturated carbocycles. The van der Waals surface area contributed by atoms with Gasteiger partial charge in [-0.15, -0.1) is 0 Å². The smallest absolute Gasteiger partial charge is 0.191 e. The van der Waals surface area contributed by atoms with Crippen molar-refractivity contribution in [1.82, 2.24) is 15.5 Å². The van der Waals surface area contributed by atoms with E-state index in [1.165, 1.54) is 58.0 Å². The highest BCUT2D eigenvalue weighted by atomic mass is 16.5. The minimum Gasteiger partial charge on any atom is -0.389 e. The van der Waals surface area contributed by atoms with E-state index in [-0.39, 0.29) is 0 Å². The monoisotopic (exact) mass is 382 g/mol. The van der Waals surface area contributed by atoms with Gasteiger partial charge in [-0.3, -0.25) is 4.99 Å². The van der Waals surface area contributed by atoms with Gasteiger partial charge in [-0.05, 0) is 38.5 Å². The minimum absolute atomic E-state index is 0.348. The van der Waals surface area contributed by atoms with Crippen molar-refractivity contribution >= 4 is 5.96 Å². The lowest BCUT2D eigenvalue weighted by Gasteiger charge is -2.39. The van der Waals surface area contributed by atoms with Crippen LogP contribution in [-0.2, 0) is 4.74 Å². The molecule has 1 atom stereocenters. The number of ether oxygens (including phenoxy) is 1. The van der Waals surface area contributed by atoms with Crippen molar-refractivity contribution in [3.63, 3.8) is 0 Å². The Hall–Kier alpha value is -0.850. The van der Waals surface area contributed by atoms with Crippen LogP contribution in [0.15, 0.2) is 4.99 Å². The van der Waals surface area contributed by atoms with E-state index in [1.54, 1.807) is 0 Å². The third-order valence-corrected chi connectivity index (χ3v) is 5.53. The fraction of sp³-hybridized carbons (Fsp3) is 0.952. The predicted molar refractivity (Wildman–Crippen MR) is 112 cm³/mol. The molecule has 0 aromatic rings. The topological polar surface area (TPSA) is 69.1 Å². The maximum atomic E-state index is 10.1. The quantitative estimate of drug-likeness (QED) is 0.422. The predicted octanol–water partition coefficient (Wildman–Crippen LogP) is 2.37. The van der Waals surface area contributed by atoms with Crippen LogP contribution in [0.3, 0.4) is 0 Å². The van der Waals surface area contributed by atoms with Crippen LogP contribution in [0.4, 0.5) is 0 Å². The molecule has 3 N–H and O–H groups in total. The third kappa shape index (κ3) is 8.79. The zero-order valence-corrected chi connectivity index (χ0v) is 17.8. The van der Waals surface area contributed by atoms with E-state index in [4.69, 9.17) is 4.74 Å². The first-order valence-corrected chi connectivity index (χ1v) is 11.1. The number of aliphatic hydroxyl groups excluding tert-OH is 1. The van der Waals surface area contributed by atoms with Crippen LogP contribution in [0.25, 0.3) is 0 Å². The summed E-state index contributed by atoms with van der Waals surface area (Å²) < 4.78 is 5.50. The van der Waals surface area contributed by atoms with Crippen LogP contribution < -0.4 is 10.6 Å². The first-order valence-electron chi connectivity index (χ1n) is 11.1. The number of guanidine groups is 1. The molecule has 0 amide bonds. The van der Waals surface area contributed by atoms with E-state index in [0.29, 0.717) is 31.7 Å². The molecule has 2 rings (SSSR count). The van der Waals surface area contributed by atoms with Crippen LogP contribution in [0.5, 0.6) is 0 Å². The number of nitrogens with one attached hydrogen (secondary N) is 2. The molecule has 1 heterocycles. The SMILES string of the molecule is CCNC(=NCC(O)COCC(C)C)NC1CCN(C2CCCCC2)CC1. The first kappa shape index (κ1) is 22.4. The molecule has 1 saturated heterocycles. The molecule has 0 radical (unpaired) electrons. The molecule has 1 aliphatic heterocycles. The minimum atomic E-state index is -0.549. The number of hydrogen-bond donors (Lipinski definition) is 3. The Kier molecular flexibility index (Phi) is 10.5. The Balaban J connectivity index is 1.71. The van der Waals surface area contributed by atoms with Crippen molar-refractivity contribution in [2.45, 2.75) is 83.9 Å². The number of aliphatic hydroxyl groups is 1. The van der Waals surface area contributed by atoms with Gasteiger partial charge in [-0.2, -0.15) is 0 Å². The van der Waals surface area contributed by atoms with E-state index in [1.807, 2.05) is 0 Å². The molecule has 0 aromatic carbocycles. The molecule has 158 valence electrons. The summed E-state index contributed by atoms with van der Waals surface area (Å²) in [5.41, 5.74) is 0. The van der Waals surface area contributed by atoms with Gasteiger partial charge in [0.1, 0.15) is 0 Å². The second kappa shape index (κ2) is 12.6. The lowest BCUT2D eigenvalue weighted by Crippen LogP contribution is -2.51. The zero-order valence-electron chi connectivity index (χ0n) is 17.8. The zero-order chi connectivity index (χ0) is 19.5. The summed E-state index contributed by atoms with van der Waals surface area (Å²) in [4.78, 5) is 7.27. The molecule has 2 aliphatic rings. The summed E-state index contributed by atoms with van der Waals surface area (Å²) >= 11 is 0. The van der Waals surface area contributed by atoms with Crippen molar-refractivity contribution in [3.8, 4) is 0 Å². The molecule has 2 fully saturated rings. The van der Waals surface area contributed by atoms with E-state index in [9.17, 15) is 5.11 Å². The van der Waals surface area contributed by atoms with Gasteiger partial charge in [0, 0.05) is 38.3 Å². The molecule has 0 aromatic heterocycles. The van der Waals surface area contributed by atoms with Crippen molar-refractivity contribution < 1.29 is 9.84 Å². The second-order valence-electron chi connectivity index (χ2n) is 8.55. The number of rotatable bonds is 9. The summed E-state index contributed by atoms with van der Waals surface area (Å²) in [6.07, 6.45) is 8.80. The summed E-state index contributed by atoms with van der Waals surface area (Å²) in [6.45, 7) is 10.9. The standard InChI is InChI=1S/C21H42N4O2/c1-4-22-21(23-14-20(26)16-27-15-17(2)3)24-18-10-12-25(13-11-18)19-8-6-5-7-9-19/h17-20,26H,4-16H2,1-3H3,(H2,22,23,24). The molecule has 1 unspecified atom stereocenters. The average molecular weight is 383 g/mol. The van der Waals surface area contributed by atoms with Gasteiger partial charge in [0.05, 0.1) is 19.3 Å². The van der Waals surface area contributed by atoms with Gasteiger partial charge in [0.15, 0.2) is 5.96 Å². The maximum Gasteiger partial charge on any atom is 0.191 e. The summed E-state index contributed by atoms with van der Waals surface area (Å²) in [7, 11) is 0. The van der Waals surface area contributed by atoms with E-state index in [2.05, 4.69) is 41.3 Å². The summed E-state index contributed by atoms with van der Waals surface area (Å²) in [6, 6.07) is 1.29. The molecule has 6 nitrogen and oxygen atoms in total. The Bertz CT molecular complexity index is 416. The number of aliphatic imine (C=N–C) groups is 1. The van der Waals surface area contributed by atoms with Crippen molar-refractivity contribution in [2.24, 2.45) is 10.9 Å². The van der Waals surface area contributed by atoms with Crippen LogP contribution >= 0.6 is 0 Å². The Morgan fingerprint density at radius 3 is 2.44 bits per heavy atom. The second-order valence-corrected chi connectivity index (χ2v) is 8.55. The molecule has 0 bridgehead atoms. The highest BCUT2D eigenvalue weighted by molar-refractivity contribution is 5.80. The number of likely N-dealkylation sites (tertiary alicyclic amines) is 1. The molecular formula is C21H42N4O2. The molecule has 6 heteroatoms. The molecule has 27 heavy (non-hydrogen) atoms. The lowest BCUT2D eigenvalue weighted by atomic mass is 9.92. The van der Waals surface area contributed by atoms with Crippen LogP contribution in [0.1, 0.15) is 65.7 Å². The van der Waals surface area contributed by atoms with Gasteiger partial charge in [0.2, 0.25) is 0 Å². The van der Waals surface area contributed by atoms with E-state index >= 15 is 0 Å². The van der Waals surface area contributed by atoms with Crippen molar-refractivity contribution in [2.75, 3.05) is 39.4 Å². The fourth-order valence-electron chi connectivity index (χ4n) is 4.06. The van der Waals surface area contributed by atoms with Crippen LogP contribution in [0.2, 0.25) is 0 Å². The highest BCUT2D eigenvalue weighted by Crippen LogP contribution is 2.25. The normalized spacial score (nSPS) is 22.2. The maximum absolute atomic E-state index is 10.1. The van der Waals surface area contributed by atoms with Crippen LogP contribution in [0, 0.1) is 5.92 Å². The number of hydrogen-bond acceptors (Lipinski definition) is 4.